The van der Waals surface area contributed by atoms with Crippen LogP contribution in [-0.4, -0.2) is 125 Å². The van der Waals surface area contributed by atoms with Crippen LogP contribution in [0.2, 0.25) is 0 Å². The number of aliphatic hydroxyl groups excluding tert-OH is 3. The summed E-state index contributed by atoms with van der Waals surface area (Å²) in [6.45, 7) is 12.2. The standard InChI is InChI=1S/C45H67N7O8/c1-9-11-17-35-26-52(48-46-35)25-34-22-28(3)18-19-37(53)29(4)23-33(20-21-51-27-36(47-49-51)32-15-13-12-14-16-32)44(30(5)38(54)24-40(55)59-39(34)10-2)60-45-43(57)41(50(7)8)42(56)31(6)58-45/h12-16,18-19,22,26-27,29-31,33-34,38-39,41-45,54,56-57H,9-11,17,20-21,23-25H2,1-8H3/b19-18+,28-22+/t29-,30+,31-,33+,34-,38-,39-,41?,42-,43?,44-,45+/m1/s1. The Labute approximate surface area is 354 Å². The van der Waals surface area contributed by atoms with Gasteiger partial charge < -0.3 is 34.4 Å². The normalized spacial score (nSPS) is 32.7. The van der Waals surface area contributed by atoms with Gasteiger partial charge in [-0.05, 0) is 72.0 Å². The summed E-state index contributed by atoms with van der Waals surface area (Å²) in [5.74, 6) is -2.51. The van der Waals surface area contributed by atoms with Crippen LogP contribution in [-0.2, 0) is 43.3 Å². The van der Waals surface area contributed by atoms with Gasteiger partial charge in [0.15, 0.2) is 12.1 Å². The lowest BCUT2D eigenvalue weighted by Crippen LogP contribution is -2.63. The zero-order valence-corrected chi connectivity index (χ0v) is 36.6. The van der Waals surface area contributed by atoms with Crippen LogP contribution >= 0.6 is 0 Å². The topological polar surface area (TPSA) is 187 Å². The molecule has 0 radical (unpaired) electrons. The number of ether oxygens (including phenoxy) is 3. The predicted octanol–water partition coefficient (Wildman–Crippen LogP) is 4.80. The Hall–Kier alpha value is -4.12. The fraction of sp³-hybridized carbons (Fsp3) is 0.644. The summed E-state index contributed by atoms with van der Waals surface area (Å²) in [7, 11) is 3.54. The minimum atomic E-state index is -1.25. The van der Waals surface area contributed by atoms with Gasteiger partial charge >= 0.3 is 5.97 Å². The van der Waals surface area contributed by atoms with Crippen LogP contribution in [0.3, 0.4) is 0 Å². The number of rotatable bonds is 13. The Morgan fingerprint density at radius 2 is 1.68 bits per heavy atom. The monoisotopic (exact) mass is 834 g/mol. The Morgan fingerprint density at radius 3 is 2.38 bits per heavy atom. The second kappa shape index (κ2) is 22.1. The number of carbonyl (C=O) groups is 2. The quantitative estimate of drug-likeness (QED) is 0.200. The molecule has 0 spiro atoms. The molecule has 3 N–H and O–H groups in total. The Bertz CT molecular complexity index is 1860. The number of benzene rings is 1. The molecule has 0 saturated carbocycles. The number of carbonyl (C=O) groups excluding carboxylic acids is 2. The van der Waals surface area contributed by atoms with Crippen molar-refractivity contribution in [2.24, 2.45) is 23.7 Å². The van der Waals surface area contributed by atoms with E-state index in [1.807, 2.05) is 69.6 Å². The predicted molar refractivity (Wildman–Crippen MR) is 226 cm³/mol. The van der Waals surface area contributed by atoms with Crippen LogP contribution in [0.4, 0.5) is 0 Å². The Kier molecular flexibility index (Phi) is 17.3. The van der Waals surface area contributed by atoms with E-state index in [0.717, 1.165) is 36.1 Å². The number of likely N-dealkylation sites (N-methyl/N-ethyl adjacent to an activating group) is 1. The van der Waals surface area contributed by atoms with E-state index in [1.54, 1.807) is 54.4 Å². The van der Waals surface area contributed by atoms with Gasteiger partial charge in [0.25, 0.3) is 0 Å². The van der Waals surface area contributed by atoms with Crippen molar-refractivity contribution in [1.82, 2.24) is 34.9 Å². The number of allylic oxidation sites excluding steroid dienone is 3. The number of cyclic esters (lactones) is 1. The van der Waals surface area contributed by atoms with E-state index in [2.05, 4.69) is 27.5 Å². The fourth-order valence-corrected chi connectivity index (χ4v) is 8.42. The maximum atomic E-state index is 13.9. The minimum absolute atomic E-state index is 0.0795. The summed E-state index contributed by atoms with van der Waals surface area (Å²) in [6, 6.07) is 9.04. The van der Waals surface area contributed by atoms with Gasteiger partial charge in [-0.3, -0.25) is 19.0 Å². The third-order valence-electron chi connectivity index (χ3n) is 12.1. The van der Waals surface area contributed by atoms with Crippen LogP contribution in [0.1, 0.15) is 85.8 Å². The number of hydrogen-bond donors (Lipinski definition) is 3. The highest BCUT2D eigenvalue weighted by molar-refractivity contribution is 5.91. The van der Waals surface area contributed by atoms with E-state index >= 15 is 0 Å². The lowest BCUT2D eigenvalue weighted by Gasteiger charge is -2.46. The number of aromatic nitrogens is 6. The molecule has 0 bridgehead atoms. The second-order valence-corrected chi connectivity index (χ2v) is 17.1. The van der Waals surface area contributed by atoms with Crippen molar-refractivity contribution in [3.05, 3.63) is 72.2 Å². The first-order valence-corrected chi connectivity index (χ1v) is 21.6. The highest BCUT2D eigenvalue weighted by atomic mass is 16.7. The van der Waals surface area contributed by atoms with E-state index in [0.29, 0.717) is 38.0 Å². The Morgan fingerprint density at radius 1 is 0.950 bits per heavy atom. The zero-order chi connectivity index (χ0) is 43.5. The smallest absolute Gasteiger partial charge is 0.308 e. The van der Waals surface area contributed by atoms with Crippen LogP contribution in [0.5, 0.6) is 0 Å². The van der Waals surface area contributed by atoms with Crippen molar-refractivity contribution in [3.63, 3.8) is 0 Å². The molecule has 15 heteroatoms. The molecule has 60 heavy (non-hydrogen) atoms. The molecule has 12 atom stereocenters. The van der Waals surface area contributed by atoms with E-state index in [1.165, 1.54) is 0 Å². The maximum Gasteiger partial charge on any atom is 0.308 e. The third kappa shape index (κ3) is 12.5. The number of nitrogens with zero attached hydrogens (tertiary/aromatic N) is 7. The number of aryl methyl sites for hydroxylation is 2. The molecule has 2 aliphatic heterocycles. The maximum absolute atomic E-state index is 13.9. The molecule has 4 heterocycles. The van der Waals surface area contributed by atoms with Crippen molar-refractivity contribution >= 4 is 11.8 Å². The first kappa shape index (κ1) is 46.9. The molecule has 1 saturated heterocycles. The van der Waals surface area contributed by atoms with Crippen molar-refractivity contribution < 1.29 is 39.1 Å². The zero-order valence-electron chi connectivity index (χ0n) is 36.6. The lowest BCUT2D eigenvalue weighted by atomic mass is 9.79. The molecule has 1 fully saturated rings. The van der Waals surface area contributed by atoms with Gasteiger partial charge in [-0.25, -0.2) is 0 Å². The number of ketones is 1. The highest BCUT2D eigenvalue weighted by Gasteiger charge is 2.47. The fourth-order valence-electron chi connectivity index (χ4n) is 8.42. The van der Waals surface area contributed by atoms with Crippen molar-refractivity contribution in [1.29, 1.82) is 0 Å². The molecule has 0 amide bonds. The van der Waals surface area contributed by atoms with E-state index in [-0.39, 0.29) is 18.1 Å². The molecule has 330 valence electrons. The third-order valence-corrected chi connectivity index (χ3v) is 12.1. The number of aliphatic hydroxyl groups is 3. The van der Waals surface area contributed by atoms with Crippen molar-refractivity contribution in [3.8, 4) is 11.3 Å². The van der Waals surface area contributed by atoms with Gasteiger partial charge in [0, 0.05) is 36.1 Å². The molecule has 2 aromatic heterocycles. The Balaban J connectivity index is 1.49. The largest absolute Gasteiger partial charge is 0.462 e. The first-order chi connectivity index (χ1) is 28.7. The summed E-state index contributed by atoms with van der Waals surface area (Å²) in [5, 5.41) is 52.0. The average molecular weight is 834 g/mol. The molecular weight excluding hydrogens is 767 g/mol. The van der Waals surface area contributed by atoms with Crippen molar-refractivity contribution in [2.45, 2.75) is 149 Å². The summed E-state index contributed by atoms with van der Waals surface area (Å²) in [6.07, 6.45) is 6.34. The van der Waals surface area contributed by atoms with Crippen LogP contribution in [0.15, 0.2) is 66.5 Å². The van der Waals surface area contributed by atoms with E-state index < -0.39 is 72.7 Å². The van der Waals surface area contributed by atoms with Crippen LogP contribution in [0, 0.1) is 23.7 Å². The molecule has 1 aromatic carbocycles. The van der Waals surface area contributed by atoms with Gasteiger partial charge in [-0.2, -0.15) is 0 Å². The lowest BCUT2D eigenvalue weighted by molar-refractivity contribution is -0.304. The van der Waals surface area contributed by atoms with E-state index in [4.69, 9.17) is 14.2 Å². The average Bonchev–Trinajstić information content (AvgIpc) is 3.90. The molecule has 3 aromatic rings. The SMILES string of the molecule is CCCCc1cn(C[C@H]2/C=C(C)/C=C/C(=O)[C@H](C)C[C@H](CCn3cc(-c4ccccc4)nn3)[C@H](O[C@@H]3O[C@H](C)[C@@H](O)C(N(C)C)C3O)[C@@H](C)[C@H](O)CC(=O)O[C@@H]2CC)nn1. The summed E-state index contributed by atoms with van der Waals surface area (Å²) >= 11 is 0. The first-order valence-electron chi connectivity index (χ1n) is 21.6. The van der Waals surface area contributed by atoms with Gasteiger partial charge in [0.05, 0.1) is 55.3 Å². The highest BCUT2D eigenvalue weighted by Crippen LogP contribution is 2.35. The minimum Gasteiger partial charge on any atom is -0.462 e. The van der Waals surface area contributed by atoms with Crippen LogP contribution in [0.25, 0.3) is 11.3 Å². The second-order valence-electron chi connectivity index (χ2n) is 17.1. The molecule has 2 aliphatic rings. The van der Waals surface area contributed by atoms with Crippen molar-refractivity contribution in [2.75, 3.05) is 14.1 Å². The molecule has 2 unspecified atom stereocenters. The summed E-state index contributed by atoms with van der Waals surface area (Å²) < 4.78 is 22.6. The number of unbranched alkanes of at least 4 members (excludes halogenated alkanes) is 1. The molecular formula is C45H67N7O8. The van der Waals surface area contributed by atoms with Crippen LogP contribution < -0.4 is 0 Å². The summed E-state index contributed by atoms with van der Waals surface area (Å²) in [4.78, 5) is 29.5. The van der Waals surface area contributed by atoms with Gasteiger partial charge in [-0.15, -0.1) is 10.2 Å². The number of hydrogen-bond acceptors (Lipinski definition) is 13. The van der Waals surface area contributed by atoms with Gasteiger partial charge in [-0.1, -0.05) is 92.6 Å². The summed E-state index contributed by atoms with van der Waals surface area (Å²) in [5.41, 5.74) is 3.37. The van der Waals surface area contributed by atoms with Gasteiger partial charge in [0.2, 0.25) is 0 Å². The number of esters is 1. The van der Waals surface area contributed by atoms with E-state index in [9.17, 15) is 24.9 Å². The van der Waals surface area contributed by atoms with Gasteiger partial charge in [0.1, 0.15) is 17.9 Å². The molecule has 0 aliphatic carbocycles. The molecule has 15 nitrogen and oxygen atoms in total. The molecule has 5 rings (SSSR count).